The number of carbonyl (C=O) groups is 2. The molecule has 0 aliphatic heterocycles. The van der Waals surface area contributed by atoms with Gasteiger partial charge in [-0.3, -0.25) is 4.79 Å². The summed E-state index contributed by atoms with van der Waals surface area (Å²) in [7, 11) is 0. The average molecular weight is 372 g/mol. The molecule has 1 unspecified atom stereocenters. The molecule has 122 valence electrons. The second-order valence-corrected chi connectivity index (χ2v) is 7.04. The van der Waals surface area contributed by atoms with Crippen LogP contribution in [0.5, 0.6) is 0 Å². The van der Waals surface area contributed by atoms with Gasteiger partial charge in [0.05, 0.1) is 11.9 Å². The number of hydrogen-bond acceptors (Lipinski definition) is 4. The highest BCUT2D eigenvalue weighted by molar-refractivity contribution is 9.10. The summed E-state index contributed by atoms with van der Waals surface area (Å²) < 4.78 is 5.86. The van der Waals surface area contributed by atoms with Crippen molar-refractivity contribution in [2.24, 2.45) is 5.92 Å². The summed E-state index contributed by atoms with van der Waals surface area (Å²) in [6.45, 7) is 9.00. The molecule has 1 heterocycles. The normalized spacial score (nSPS) is 12.7. The van der Waals surface area contributed by atoms with Crippen LogP contribution in [0.4, 0.5) is 10.5 Å². The summed E-state index contributed by atoms with van der Waals surface area (Å²) in [6, 6.07) is 2.75. The number of pyridine rings is 1. The van der Waals surface area contributed by atoms with Gasteiger partial charge in [0, 0.05) is 0 Å². The van der Waals surface area contributed by atoms with Crippen LogP contribution in [0.2, 0.25) is 0 Å². The first kappa shape index (κ1) is 18.4. The van der Waals surface area contributed by atoms with Crippen molar-refractivity contribution in [2.75, 3.05) is 5.32 Å². The van der Waals surface area contributed by atoms with Crippen molar-refractivity contribution in [2.45, 2.75) is 46.3 Å². The van der Waals surface area contributed by atoms with Gasteiger partial charge in [0.2, 0.25) is 5.91 Å². The lowest BCUT2D eigenvalue weighted by Gasteiger charge is -2.25. The van der Waals surface area contributed by atoms with E-state index in [-0.39, 0.29) is 11.8 Å². The molecule has 0 radical (unpaired) electrons. The topological polar surface area (TPSA) is 80.3 Å². The Kier molecular flexibility index (Phi) is 6.34. The van der Waals surface area contributed by atoms with Crippen molar-refractivity contribution in [3.05, 3.63) is 22.9 Å². The minimum Gasteiger partial charge on any atom is -0.444 e. The van der Waals surface area contributed by atoms with Gasteiger partial charge in [0.15, 0.2) is 0 Å². The monoisotopic (exact) mass is 371 g/mol. The van der Waals surface area contributed by atoms with Gasteiger partial charge in [-0.15, -0.1) is 0 Å². The Hall–Kier alpha value is -1.63. The van der Waals surface area contributed by atoms with E-state index in [0.29, 0.717) is 10.3 Å². The van der Waals surface area contributed by atoms with Crippen LogP contribution in [0, 0.1) is 5.92 Å². The molecule has 1 aromatic heterocycles. The number of alkyl carbamates (subject to hydrolysis) is 1. The fourth-order valence-electron chi connectivity index (χ4n) is 1.64. The van der Waals surface area contributed by atoms with E-state index in [4.69, 9.17) is 4.74 Å². The zero-order chi connectivity index (χ0) is 16.9. The maximum atomic E-state index is 12.3. The first-order valence-electron chi connectivity index (χ1n) is 7.00. The molecular weight excluding hydrogens is 350 g/mol. The highest BCUT2D eigenvalue weighted by Gasteiger charge is 2.27. The van der Waals surface area contributed by atoms with Crippen LogP contribution in [0.1, 0.15) is 34.6 Å². The zero-order valence-electron chi connectivity index (χ0n) is 13.4. The van der Waals surface area contributed by atoms with Crippen molar-refractivity contribution >= 4 is 33.6 Å². The van der Waals surface area contributed by atoms with Crippen LogP contribution in [0.3, 0.4) is 0 Å². The SMILES string of the molecule is CC(C)C(NC(=O)OC(C)(C)C)C(=O)Nc1ccc(Br)nc1. The lowest BCUT2D eigenvalue weighted by atomic mass is 10.0. The molecule has 7 heteroatoms. The predicted molar refractivity (Wildman–Crippen MR) is 88.6 cm³/mol. The molecule has 6 nitrogen and oxygen atoms in total. The van der Waals surface area contributed by atoms with Crippen molar-refractivity contribution in [1.82, 2.24) is 10.3 Å². The molecule has 0 aliphatic carbocycles. The van der Waals surface area contributed by atoms with Crippen LogP contribution < -0.4 is 10.6 Å². The fraction of sp³-hybridized carbons (Fsp3) is 0.533. The zero-order valence-corrected chi connectivity index (χ0v) is 15.0. The largest absolute Gasteiger partial charge is 0.444 e. The lowest BCUT2D eigenvalue weighted by molar-refractivity contribution is -0.119. The number of aromatic nitrogens is 1. The molecule has 22 heavy (non-hydrogen) atoms. The van der Waals surface area contributed by atoms with Gasteiger partial charge in [0.1, 0.15) is 16.2 Å². The van der Waals surface area contributed by atoms with Crippen LogP contribution in [0.15, 0.2) is 22.9 Å². The fourth-order valence-corrected chi connectivity index (χ4v) is 1.87. The Labute approximate surface area is 139 Å². The molecule has 1 aromatic rings. The minimum atomic E-state index is -0.696. The lowest BCUT2D eigenvalue weighted by Crippen LogP contribution is -2.48. The molecule has 0 aromatic carbocycles. The summed E-state index contributed by atoms with van der Waals surface area (Å²) in [5.74, 6) is -0.402. The van der Waals surface area contributed by atoms with E-state index in [1.54, 1.807) is 32.9 Å². The molecule has 0 fully saturated rings. The molecule has 0 saturated heterocycles. The number of halogens is 1. The van der Waals surface area contributed by atoms with E-state index < -0.39 is 17.7 Å². The second-order valence-electron chi connectivity index (χ2n) is 6.23. The van der Waals surface area contributed by atoms with Crippen molar-refractivity contribution in [3.8, 4) is 0 Å². The van der Waals surface area contributed by atoms with E-state index in [2.05, 4.69) is 31.5 Å². The van der Waals surface area contributed by atoms with E-state index in [1.807, 2.05) is 13.8 Å². The summed E-state index contributed by atoms with van der Waals surface area (Å²) >= 11 is 3.23. The number of amides is 2. The molecular formula is C15H22BrN3O3. The molecule has 0 saturated carbocycles. The summed E-state index contributed by atoms with van der Waals surface area (Å²) in [5.41, 5.74) is -0.0533. The summed E-state index contributed by atoms with van der Waals surface area (Å²) in [6.07, 6.45) is 0.919. The predicted octanol–water partition coefficient (Wildman–Crippen LogP) is 3.33. The van der Waals surface area contributed by atoms with E-state index in [9.17, 15) is 9.59 Å². The van der Waals surface area contributed by atoms with Crippen molar-refractivity contribution in [1.29, 1.82) is 0 Å². The minimum absolute atomic E-state index is 0.0871. The van der Waals surface area contributed by atoms with Crippen molar-refractivity contribution < 1.29 is 14.3 Å². The second kappa shape index (κ2) is 7.58. The molecule has 0 spiro atoms. The third kappa shape index (κ3) is 6.43. The Morgan fingerprint density at radius 2 is 1.91 bits per heavy atom. The Bertz CT molecular complexity index is 524. The number of hydrogen-bond donors (Lipinski definition) is 2. The highest BCUT2D eigenvalue weighted by Crippen LogP contribution is 2.13. The number of rotatable bonds is 4. The molecule has 2 amide bonds. The number of nitrogens with zero attached hydrogens (tertiary/aromatic N) is 1. The first-order chi connectivity index (χ1) is 10.1. The number of ether oxygens (including phenoxy) is 1. The summed E-state index contributed by atoms with van der Waals surface area (Å²) in [5, 5.41) is 5.33. The van der Waals surface area contributed by atoms with Gasteiger partial charge in [-0.2, -0.15) is 0 Å². The van der Waals surface area contributed by atoms with Gasteiger partial charge in [-0.25, -0.2) is 9.78 Å². The van der Waals surface area contributed by atoms with Crippen LogP contribution in [-0.2, 0) is 9.53 Å². The van der Waals surface area contributed by atoms with Crippen LogP contribution in [-0.4, -0.2) is 28.6 Å². The molecule has 2 N–H and O–H groups in total. The molecule has 0 aliphatic rings. The Morgan fingerprint density at radius 1 is 1.27 bits per heavy atom. The van der Waals surface area contributed by atoms with Gasteiger partial charge in [0.25, 0.3) is 0 Å². The van der Waals surface area contributed by atoms with Crippen LogP contribution in [0.25, 0.3) is 0 Å². The van der Waals surface area contributed by atoms with Gasteiger partial charge >= 0.3 is 6.09 Å². The van der Waals surface area contributed by atoms with Crippen molar-refractivity contribution in [3.63, 3.8) is 0 Å². The third-order valence-corrected chi connectivity index (χ3v) is 3.09. The maximum Gasteiger partial charge on any atom is 0.408 e. The molecule has 0 bridgehead atoms. The molecule has 1 atom stereocenters. The number of carbonyl (C=O) groups excluding carboxylic acids is 2. The Balaban J connectivity index is 2.71. The van der Waals surface area contributed by atoms with Gasteiger partial charge in [-0.05, 0) is 54.8 Å². The van der Waals surface area contributed by atoms with Crippen LogP contribution >= 0.6 is 15.9 Å². The average Bonchev–Trinajstić information content (AvgIpc) is 2.36. The molecule has 1 rings (SSSR count). The highest BCUT2D eigenvalue weighted by atomic mass is 79.9. The van der Waals surface area contributed by atoms with E-state index in [0.717, 1.165) is 0 Å². The van der Waals surface area contributed by atoms with Gasteiger partial charge in [-0.1, -0.05) is 13.8 Å². The third-order valence-electron chi connectivity index (χ3n) is 2.62. The smallest absolute Gasteiger partial charge is 0.408 e. The number of nitrogens with one attached hydrogen (secondary N) is 2. The van der Waals surface area contributed by atoms with E-state index in [1.165, 1.54) is 6.20 Å². The number of anilines is 1. The van der Waals surface area contributed by atoms with Gasteiger partial charge < -0.3 is 15.4 Å². The first-order valence-corrected chi connectivity index (χ1v) is 7.80. The standard InChI is InChI=1S/C15H22BrN3O3/c1-9(2)12(19-14(21)22-15(3,4)5)13(20)18-10-6-7-11(16)17-8-10/h6-9,12H,1-5H3,(H,18,20)(H,19,21). The maximum absolute atomic E-state index is 12.3. The summed E-state index contributed by atoms with van der Waals surface area (Å²) in [4.78, 5) is 28.2. The Morgan fingerprint density at radius 3 is 2.36 bits per heavy atom. The quantitative estimate of drug-likeness (QED) is 0.795. The van der Waals surface area contributed by atoms with E-state index >= 15 is 0 Å².